The van der Waals surface area contributed by atoms with E-state index in [1.807, 2.05) is 0 Å². The van der Waals surface area contributed by atoms with Crippen LogP contribution in [0.25, 0.3) is 0 Å². The summed E-state index contributed by atoms with van der Waals surface area (Å²) in [5, 5.41) is 8.55. The molecule has 2 N–H and O–H groups in total. The molecule has 0 saturated heterocycles. The Hall–Kier alpha value is -3.15. The predicted molar refractivity (Wildman–Crippen MR) is 81.6 cm³/mol. The number of terminal acetylenes is 1. The number of carbonyl (C=O) groups excluding carboxylic acids is 1. The molecule has 0 radical (unpaired) electrons. The Kier molecular flexibility index (Phi) is 5.68. The summed E-state index contributed by atoms with van der Waals surface area (Å²) in [7, 11) is 0. The Bertz CT molecular complexity index is 755. The summed E-state index contributed by atoms with van der Waals surface area (Å²) in [5.41, 5.74) is 0.422. The quantitative estimate of drug-likeness (QED) is 0.796. The van der Waals surface area contributed by atoms with E-state index in [2.05, 4.69) is 21.7 Å². The van der Waals surface area contributed by atoms with E-state index in [1.54, 1.807) is 0 Å². The molecule has 1 heterocycles. The summed E-state index contributed by atoms with van der Waals surface area (Å²) < 4.78 is 43.9. The van der Waals surface area contributed by atoms with E-state index in [0.717, 1.165) is 16.8 Å². The third-order valence-corrected chi connectivity index (χ3v) is 2.72. The van der Waals surface area contributed by atoms with Crippen LogP contribution in [-0.4, -0.2) is 28.8 Å². The number of nitrogens with one attached hydrogen (secondary N) is 2. The van der Waals surface area contributed by atoms with Crippen LogP contribution in [0.15, 0.2) is 30.6 Å². The van der Waals surface area contributed by atoms with Gasteiger partial charge >= 0.3 is 6.03 Å². The van der Waals surface area contributed by atoms with Crippen molar-refractivity contribution in [3.8, 4) is 18.1 Å². The second-order valence-electron chi connectivity index (χ2n) is 4.55. The molecule has 0 fully saturated rings. The maximum absolute atomic E-state index is 13.2. The minimum atomic E-state index is -2.55. The minimum Gasteiger partial charge on any atom is -0.479 e. The first-order valence-electron chi connectivity index (χ1n) is 6.72. The topological polar surface area (TPSA) is 68.2 Å². The molecule has 0 atom stereocenters. The van der Waals surface area contributed by atoms with Crippen LogP contribution in [-0.2, 0) is 6.54 Å². The van der Waals surface area contributed by atoms with Gasteiger partial charge in [-0.1, -0.05) is 5.92 Å². The van der Waals surface area contributed by atoms with E-state index in [0.29, 0.717) is 0 Å². The summed E-state index contributed by atoms with van der Waals surface area (Å²) in [5.74, 6) is 1.74. The molecule has 6 nitrogen and oxygen atoms in total. The van der Waals surface area contributed by atoms with Crippen molar-refractivity contribution in [2.75, 3.05) is 17.2 Å². The van der Waals surface area contributed by atoms with Crippen LogP contribution in [0.4, 0.5) is 29.3 Å². The summed E-state index contributed by atoms with van der Waals surface area (Å²) in [6.45, 7) is -0.675. The van der Waals surface area contributed by atoms with Gasteiger partial charge in [-0.05, 0) is 12.1 Å². The van der Waals surface area contributed by atoms with Crippen molar-refractivity contribution in [2.45, 2.75) is 13.0 Å². The highest BCUT2D eigenvalue weighted by atomic mass is 19.3. The second kappa shape index (κ2) is 7.92. The molecule has 9 heteroatoms. The SMILES string of the molecule is C#CCOc1cc(F)ccc1NC(=O)Nc1cnn(CC(F)F)c1. The monoisotopic (exact) mass is 338 g/mol. The maximum atomic E-state index is 13.2. The zero-order chi connectivity index (χ0) is 17.5. The molecular weight excluding hydrogens is 325 g/mol. The largest absolute Gasteiger partial charge is 0.479 e. The van der Waals surface area contributed by atoms with E-state index in [1.165, 1.54) is 18.5 Å². The zero-order valence-corrected chi connectivity index (χ0v) is 12.3. The van der Waals surface area contributed by atoms with Crippen LogP contribution < -0.4 is 15.4 Å². The molecule has 0 saturated carbocycles. The molecule has 2 aromatic rings. The van der Waals surface area contributed by atoms with Gasteiger partial charge in [0.2, 0.25) is 0 Å². The maximum Gasteiger partial charge on any atom is 0.323 e. The van der Waals surface area contributed by atoms with Crippen molar-refractivity contribution in [2.24, 2.45) is 0 Å². The van der Waals surface area contributed by atoms with E-state index < -0.39 is 24.8 Å². The number of halogens is 3. The Labute approximate surface area is 135 Å². The lowest BCUT2D eigenvalue weighted by atomic mass is 10.3. The fraction of sp³-hybridized carbons (Fsp3) is 0.200. The molecule has 126 valence electrons. The molecule has 0 aliphatic heterocycles. The van der Waals surface area contributed by atoms with Crippen molar-refractivity contribution in [1.29, 1.82) is 0 Å². The lowest BCUT2D eigenvalue weighted by Gasteiger charge is -2.11. The highest BCUT2D eigenvalue weighted by molar-refractivity contribution is 6.00. The molecule has 0 aliphatic rings. The zero-order valence-electron chi connectivity index (χ0n) is 12.3. The highest BCUT2D eigenvalue weighted by Crippen LogP contribution is 2.25. The summed E-state index contributed by atoms with van der Waals surface area (Å²) in [6, 6.07) is 2.84. The molecule has 2 rings (SSSR count). The Morgan fingerprint density at radius 1 is 1.42 bits per heavy atom. The first kappa shape index (κ1) is 17.2. The van der Waals surface area contributed by atoms with Crippen LogP contribution >= 0.6 is 0 Å². The average molecular weight is 338 g/mol. The molecule has 0 aliphatic carbocycles. The number of aromatic nitrogens is 2. The van der Waals surface area contributed by atoms with Crippen molar-refractivity contribution in [3.63, 3.8) is 0 Å². The first-order chi connectivity index (χ1) is 11.5. The number of ether oxygens (including phenoxy) is 1. The highest BCUT2D eigenvalue weighted by Gasteiger charge is 2.11. The minimum absolute atomic E-state index is 0.0662. The van der Waals surface area contributed by atoms with Crippen LogP contribution in [0.5, 0.6) is 5.75 Å². The molecule has 0 unspecified atom stereocenters. The molecule has 1 aromatic heterocycles. The number of rotatable bonds is 6. The third-order valence-electron chi connectivity index (χ3n) is 2.72. The first-order valence-corrected chi connectivity index (χ1v) is 6.72. The number of hydrogen-bond donors (Lipinski definition) is 2. The summed E-state index contributed by atoms with van der Waals surface area (Å²) >= 11 is 0. The number of carbonyl (C=O) groups is 1. The standard InChI is InChI=1S/C15H13F3N4O2/c1-2-5-24-13-6-10(16)3-4-12(13)21-15(23)20-11-7-19-22(8-11)9-14(17)18/h1,3-4,6-8,14H,5,9H2,(H2,20,21,23). The van der Waals surface area contributed by atoms with Gasteiger partial charge in [0.25, 0.3) is 6.43 Å². The molecular formula is C15H13F3N4O2. The molecule has 1 aromatic carbocycles. The van der Waals surface area contributed by atoms with Gasteiger partial charge in [0.15, 0.2) is 0 Å². The van der Waals surface area contributed by atoms with E-state index in [9.17, 15) is 18.0 Å². The number of nitrogens with zero attached hydrogens (tertiary/aromatic N) is 2. The fourth-order valence-electron chi connectivity index (χ4n) is 1.79. The summed E-state index contributed by atoms with van der Waals surface area (Å²) in [4.78, 5) is 11.9. The van der Waals surface area contributed by atoms with Gasteiger partial charge in [-0.15, -0.1) is 6.42 Å². The van der Waals surface area contributed by atoms with Gasteiger partial charge in [0.1, 0.15) is 24.7 Å². The number of urea groups is 1. The summed E-state index contributed by atoms with van der Waals surface area (Å²) in [6.07, 6.45) is 5.00. The van der Waals surface area contributed by atoms with Gasteiger partial charge in [0, 0.05) is 12.3 Å². The number of amides is 2. The van der Waals surface area contributed by atoms with Crippen LogP contribution in [0.3, 0.4) is 0 Å². The van der Waals surface area contributed by atoms with Gasteiger partial charge in [-0.25, -0.2) is 18.0 Å². The van der Waals surface area contributed by atoms with Gasteiger partial charge in [0.05, 0.1) is 17.6 Å². The van der Waals surface area contributed by atoms with Crippen molar-refractivity contribution < 1.29 is 22.7 Å². The van der Waals surface area contributed by atoms with Crippen molar-refractivity contribution >= 4 is 17.4 Å². The Morgan fingerprint density at radius 2 is 2.21 bits per heavy atom. The third kappa shape index (κ3) is 4.95. The van der Waals surface area contributed by atoms with Gasteiger partial charge in [-0.3, -0.25) is 4.68 Å². The molecule has 2 amide bonds. The number of alkyl halides is 2. The van der Waals surface area contributed by atoms with Gasteiger partial charge in [-0.2, -0.15) is 5.10 Å². The lowest BCUT2D eigenvalue weighted by molar-refractivity contribution is 0.122. The Balaban J connectivity index is 2.02. The second-order valence-corrected chi connectivity index (χ2v) is 4.55. The lowest BCUT2D eigenvalue weighted by Crippen LogP contribution is -2.19. The predicted octanol–water partition coefficient (Wildman–Crippen LogP) is 2.94. The number of hydrogen-bond acceptors (Lipinski definition) is 3. The normalized spacial score (nSPS) is 10.3. The van der Waals surface area contributed by atoms with E-state index >= 15 is 0 Å². The van der Waals surface area contributed by atoms with Crippen LogP contribution in [0, 0.1) is 18.2 Å². The number of anilines is 2. The molecule has 0 spiro atoms. The Morgan fingerprint density at radius 3 is 2.92 bits per heavy atom. The van der Waals surface area contributed by atoms with Gasteiger partial charge < -0.3 is 15.4 Å². The number of benzene rings is 1. The molecule has 24 heavy (non-hydrogen) atoms. The van der Waals surface area contributed by atoms with Crippen LogP contribution in [0.2, 0.25) is 0 Å². The fourth-order valence-corrected chi connectivity index (χ4v) is 1.79. The average Bonchev–Trinajstić information content (AvgIpc) is 2.93. The smallest absolute Gasteiger partial charge is 0.323 e. The molecule has 0 bridgehead atoms. The van der Waals surface area contributed by atoms with Crippen LogP contribution in [0.1, 0.15) is 0 Å². The van der Waals surface area contributed by atoms with E-state index in [-0.39, 0.29) is 23.7 Å². The van der Waals surface area contributed by atoms with Crippen molar-refractivity contribution in [1.82, 2.24) is 9.78 Å². The van der Waals surface area contributed by atoms with E-state index in [4.69, 9.17) is 11.2 Å². The van der Waals surface area contributed by atoms with Crippen molar-refractivity contribution in [3.05, 3.63) is 36.4 Å².